The molecule has 1 fully saturated rings. The molecule has 0 saturated carbocycles. The summed E-state index contributed by atoms with van der Waals surface area (Å²) < 4.78 is 44.3. The van der Waals surface area contributed by atoms with Crippen LogP contribution < -0.4 is 14.3 Å². The van der Waals surface area contributed by atoms with E-state index in [0.29, 0.717) is 29.0 Å². The lowest BCUT2D eigenvalue weighted by Gasteiger charge is -2.22. The van der Waals surface area contributed by atoms with Crippen molar-refractivity contribution in [3.05, 3.63) is 59.0 Å². The second-order valence-corrected chi connectivity index (χ2v) is 8.92. The molecule has 30 heavy (non-hydrogen) atoms. The van der Waals surface area contributed by atoms with Gasteiger partial charge in [0.05, 0.1) is 30.4 Å². The molecule has 0 N–H and O–H groups in total. The van der Waals surface area contributed by atoms with Crippen LogP contribution in [0.15, 0.2) is 57.9 Å². The van der Waals surface area contributed by atoms with E-state index in [4.69, 9.17) is 18.1 Å². The van der Waals surface area contributed by atoms with Crippen molar-refractivity contribution in [2.24, 2.45) is 5.92 Å². The molecule has 4 rings (SSSR count). The Morgan fingerprint density at radius 2 is 1.87 bits per heavy atom. The molecule has 2 aromatic carbocycles. The summed E-state index contributed by atoms with van der Waals surface area (Å²) >= 11 is 0. The number of hydrogen-bond donors (Lipinski definition) is 0. The standard InChI is InChI=1S/C22H22O7S/c1-30(24,25)29-18-8-9-19-21(11-18)28-14-20(22(19)23)16-4-6-17(7-5-16)27-13-15-3-2-10-26-12-15/h4-9,11,14-15H,2-3,10,12-13H2,1H3. The van der Waals surface area contributed by atoms with Crippen molar-refractivity contribution in [3.8, 4) is 22.6 Å². The van der Waals surface area contributed by atoms with Crippen LogP contribution in [0.5, 0.6) is 11.5 Å². The summed E-state index contributed by atoms with van der Waals surface area (Å²) in [5.41, 5.74) is 1.15. The lowest BCUT2D eigenvalue weighted by Crippen LogP contribution is -2.23. The van der Waals surface area contributed by atoms with Gasteiger partial charge in [0.15, 0.2) is 5.43 Å². The predicted molar refractivity (Wildman–Crippen MR) is 112 cm³/mol. The van der Waals surface area contributed by atoms with Crippen LogP contribution in [0.25, 0.3) is 22.1 Å². The highest BCUT2D eigenvalue weighted by molar-refractivity contribution is 7.86. The fraction of sp³-hybridized carbons (Fsp3) is 0.318. The van der Waals surface area contributed by atoms with Gasteiger partial charge in [0.2, 0.25) is 0 Å². The second-order valence-electron chi connectivity index (χ2n) is 7.34. The molecule has 158 valence electrons. The molecule has 2 heterocycles. The van der Waals surface area contributed by atoms with Crippen LogP contribution in [0.2, 0.25) is 0 Å². The Kier molecular flexibility index (Phi) is 5.78. The number of fused-ring (bicyclic) bond motifs is 1. The van der Waals surface area contributed by atoms with Gasteiger partial charge in [-0.2, -0.15) is 8.42 Å². The van der Waals surface area contributed by atoms with Crippen molar-refractivity contribution in [2.75, 3.05) is 26.1 Å². The summed E-state index contributed by atoms with van der Waals surface area (Å²) in [5.74, 6) is 1.23. The smallest absolute Gasteiger partial charge is 0.306 e. The lowest BCUT2D eigenvalue weighted by molar-refractivity contribution is 0.0352. The molecule has 1 aromatic heterocycles. The van der Waals surface area contributed by atoms with Gasteiger partial charge in [0.25, 0.3) is 0 Å². The number of ether oxygens (including phenoxy) is 2. The Morgan fingerprint density at radius 3 is 2.57 bits per heavy atom. The zero-order chi connectivity index (χ0) is 21.1. The van der Waals surface area contributed by atoms with Gasteiger partial charge >= 0.3 is 10.1 Å². The van der Waals surface area contributed by atoms with Gasteiger partial charge in [-0.05, 0) is 42.7 Å². The Morgan fingerprint density at radius 1 is 1.10 bits per heavy atom. The Bertz CT molecular complexity index is 1190. The molecule has 7 nitrogen and oxygen atoms in total. The van der Waals surface area contributed by atoms with Crippen LogP contribution in [0, 0.1) is 5.92 Å². The lowest BCUT2D eigenvalue weighted by atomic mass is 10.0. The highest BCUT2D eigenvalue weighted by atomic mass is 32.2. The highest BCUT2D eigenvalue weighted by Gasteiger charge is 2.15. The molecule has 0 amide bonds. The van der Waals surface area contributed by atoms with E-state index in [9.17, 15) is 13.2 Å². The van der Waals surface area contributed by atoms with Crippen molar-refractivity contribution >= 4 is 21.1 Å². The SMILES string of the molecule is CS(=O)(=O)Oc1ccc2c(=O)c(-c3ccc(OCC4CCCOC4)cc3)coc2c1. The van der Waals surface area contributed by atoms with Crippen LogP contribution in [0.4, 0.5) is 0 Å². The molecule has 0 spiro atoms. The van der Waals surface area contributed by atoms with E-state index < -0.39 is 10.1 Å². The van der Waals surface area contributed by atoms with Crippen molar-refractivity contribution in [3.63, 3.8) is 0 Å². The summed E-state index contributed by atoms with van der Waals surface area (Å²) in [5, 5.41) is 0.339. The Labute approximate surface area is 174 Å². The molecular formula is C22H22O7S. The molecule has 1 atom stereocenters. The van der Waals surface area contributed by atoms with Crippen LogP contribution in [-0.4, -0.2) is 34.5 Å². The van der Waals surface area contributed by atoms with Crippen molar-refractivity contribution in [1.29, 1.82) is 0 Å². The first-order chi connectivity index (χ1) is 14.4. The van der Waals surface area contributed by atoms with E-state index in [-0.39, 0.29) is 16.8 Å². The van der Waals surface area contributed by atoms with Gasteiger partial charge in [-0.15, -0.1) is 0 Å². The van der Waals surface area contributed by atoms with Gasteiger partial charge in [-0.1, -0.05) is 12.1 Å². The fourth-order valence-electron chi connectivity index (χ4n) is 3.42. The quantitative estimate of drug-likeness (QED) is 0.552. The normalized spacial score (nSPS) is 17.0. The number of benzene rings is 2. The Hall–Kier alpha value is -2.84. The minimum Gasteiger partial charge on any atom is -0.493 e. The van der Waals surface area contributed by atoms with E-state index in [0.717, 1.165) is 38.1 Å². The molecule has 3 aromatic rings. The predicted octanol–water partition coefficient (Wildman–Crippen LogP) is 3.60. The summed E-state index contributed by atoms with van der Waals surface area (Å²) in [7, 11) is -3.66. The zero-order valence-corrected chi connectivity index (χ0v) is 17.3. The molecule has 0 aliphatic carbocycles. The minimum absolute atomic E-state index is 0.0887. The summed E-state index contributed by atoms with van der Waals surface area (Å²) in [6.07, 6.45) is 4.48. The first-order valence-corrected chi connectivity index (χ1v) is 11.5. The largest absolute Gasteiger partial charge is 0.493 e. The third-order valence-corrected chi connectivity index (χ3v) is 5.39. The van der Waals surface area contributed by atoms with Crippen molar-refractivity contribution in [2.45, 2.75) is 12.8 Å². The summed E-state index contributed by atoms with van der Waals surface area (Å²) in [4.78, 5) is 12.9. The van der Waals surface area contributed by atoms with Crippen LogP contribution in [0.1, 0.15) is 12.8 Å². The van der Waals surface area contributed by atoms with Gasteiger partial charge in [-0.25, -0.2) is 0 Å². The summed E-state index contributed by atoms with van der Waals surface area (Å²) in [6, 6.07) is 11.6. The minimum atomic E-state index is -3.66. The van der Waals surface area contributed by atoms with E-state index >= 15 is 0 Å². The molecule has 0 bridgehead atoms. The number of rotatable bonds is 6. The van der Waals surface area contributed by atoms with Crippen molar-refractivity contribution in [1.82, 2.24) is 0 Å². The van der Waals surface area contributed by atoms with Crippen molar-refractivity contribution < 1.29 is 26.5 Å². The highest BCUT2D eigenvalue weighted by Crippen LogP contribution is 2.25. The fourth-order valence-corrected chi connectivity index (χ4v) is 3.87. The molecule has 1 aliphatic rings. The van der Waals surface area contributed by atoms with Crippen LogP contribution in [-0.2, 0) is 14.9 Å². The average Bonchev–Trinajstić information content (AvgIpc) is 2.73. The van der Waals surface area contributed by atoms with E-state index in [1.54, 1.807) is 0 Å². The molecular weight excluding hydrogens is 408 g/mol. The van der Waals surface area contributed by atoms with Gasteiger partial charge in [0, 0.05) is 18.6 Å². The first-order valence-electron chi connectivity index (χ1n) is 9.65. The second kappa shape index (κ2) is 8.49. The monoisotopic (exact) mass is 430 g/mol. The molecule has 1 unspecified atom stereocenters. The van der Waals surface area contributed by atoms with E-state index in [1.807, 2.05) is 24.3 Å². The van der Waals surface area contributed by atoms with Gasteiger partial charge < -0.3 is 18.1 Å². The molecule has 0 radical (unpaired) electrons. The third-order valence-electron chi connectivity index (χ3n) is 4.90. The van der Waals surface area contributed by atoms with Gasteiger partial charge in [0.1, 0.15) is 23.3 Å². The molecule has 8 heteroatoms. The molecule has 1 saturated heterocycles. The van der Waals surface area contributed by atoms with Crippen LogP contribution >= 0.6 is 0 Å². The topological polar surface area (TPSA) is 92.0 Å². The van der Waals surface area contributed by atoms with Crippen LogP contribution in [0.3, 0.4) is 0 Å². The maximum Gasteiger partial charge on any atom is 0.306 e. The molecule has 1 aliphatic heterocycles. The van der Waals surface area contributed by atoms with E-state index in [2.05, 4.69) is 0 Å². The van der Waals surface area contributed by atoms with E-state index in [1.165, 1.54) is 24.5 Å². The van der Waals surface area contributed by atoms with Gasteiger partial charge in [-0.3, -0.25) is 4.79 Å². The Balaban J connectivity index is 1.53. The third kappa shape index (κ3) is 4.83. The maximum absolute atomic E-state index is 12.9. The first kappa shape index (κ1) is 20.4. The number of hydrogen-bond acceptors (Lipinski definition) is 7. The summed E-state index contributed by atoms with van der Waals surface area (Å²) in [6.45, 7) is 2.16. The zero-order valence-electron chi connectivity index (χ0n) is 16.5. The average molecular weight is 430 g/mol. The maximum atomic E-state index is 12.9.